The normalized spacial score (nSPS) is 12.3. The van der Waals surface area contributed by atoms with E-state index in [1.807, 2.05) is 54.5 Å². The Morgan fingerprint density at radius 2 is 1.76 bits per heavy atom. The highest BCUT2D eigenvalue weighted by Crippen LogP contribution is 2.26. The van der Waals surface area contributed by atoms with Crippen molar-refractivity contribution in [3.63, 3.8) is 0 Å². The number of carbonyl (C=O) groups is 2. The van der Waals surface area contributed by atoms with Gasteiger partial charge in [-0.3, -0.25) is 9.59 Å². The second-order valence-corrected chi connectivity index (χ2v) is 10.3. The van der Waals surface area contributed by atoms with E-state index in [0.29, 0.717) is 27.8 Å². The maximum absolute atomic E-state index is 13.4. The molecule has 2 amide bonds. The van der Waals surface area contributed by atoms with Gasteiger partial charge in [0.05, 0.1) is 0 Å². The summed E-state index contributed by atoms with van der Waals surface area (Å²) in [6.07, 6.45) is 0.446. The second kappa shape index (κ2) is 11.3. The van der Waals surface area contributed by atoms with Crippen molar-refractivity contribution in [1.29, 1.82) is 0 Å². The quantitative estimate of drug-likeness (QED) is 0.489. The third kappa shape index (κ3) is 7.65. The van der Waals surface area contributed by atoms with Gasteiger partial charge in [0.15, 0.2) is 6.61 Å². The number of nitrogens with zero attached hydrogens (tertiary/aromatic N) is 1. The van der Waals surface area contributed by atoms with Gasteiger partial charge in [0, 0.05) is 22.1 Å². The molecule has 0 radical (unpaired) electrons. The lowest BCUT2D eigenvalue weighted by molar-refractivity contribution is -0.143. The van der Waals surface area contributed by atoms with E-state index in [2.05, 4.69) is 11.4 Å². The number of carbonyl (C=O) groups excluding carboxylic acids is 2. The Bertz CT molecular complexity index is 1020. The average molecular weight is 493 g/mol. The van der Waals surface area contributed by atoms with E-state index >= 15 is 0 Å². The Hall–Kier alpha value is -2.24. The van der Waals surface area contributed by atoms with E-state index in [1.165, 1.54) is 4.90 Å². The highest BCUT2D eigenvalue weighted by molar-refractivity contribution is 6.35. The SMILES string of the molecule is CC[C@@H](C(=O)NC(C)(C)C)N(Cc1ccc(Cl)cc1Cl)C(=O)COc1cc(C)cc(C)c1C. The van der Waals surface area contributed by atoms with Crippen LogP contribution in [0.2, 0.25) is 10.0 Å². The topological polar surface area (TPSA) is 58.6 Å². The maximum Gasteiger partial charge on any atom is 0.261 e. The lowest BCUT2D eigenvalue weighted by Crippen LogP contribution is -2.54. The third-order valence-electron chi connectivity index (χ3n) is 5.36. The zero-order valence-electron chi connectivity index (χ0n) is 20.5. The van der Waals surface area contributed by atoms with E-state index < -0.39 is 11.6 Å². The number of hydrogen-bond donors (Lipinski definition) is 1. The summed E-state index contributed by atoms with van der Waals surface area (Å²) in [6, 6.07) is 8.44. The Kier molecular flexibility index (Phi) is 9.21. The standard InChI is InChI=1S/C26H34Cl2N2O3/c1-8-22(25(32)29-26(5,6)7)30(14-19-9-10-20(27)13-21(19)28)24(31)15-33-23-12-16(2)11-17(3)18(23)4/h9-13,22H,8,14-15H2,1-7H3,(H,29,32)/t22-/m0/s1. The van der Waals surface area contributed by atoms with Crippen LogP contribution in [0.25, 0.3) is 0 Å². The van der Waals surface area contributed by atoms with Crippen LogP contribution in [0.15, 0.2) is 30.3 Å². The first kappa shape index (κ1) is 27.0. The molecule has 0 bridgehead atoms. The van der Waals surface area contributed by atoms with Crippen molar-refractivity contribution in [2.45, 2.75) is 73.0 Å². The van der Waals surface area contributed by atoms with Crippen molar-refractivity contribution >= 4 is 35.0 Å². The molecule has 33 heavy (non-hydrogen) atoms. The van der Waals surface area contributed by atoms with Gasteiger partial charge in [0.1, 0.15) is 11.8 Å². The minimum absolute atomic E-state index is 0.167. The van der Waals surface area contributed by atoms with E-state index in [4.69, 9.17) is 27.9 Å². The molecular weight excluding hydrogens is 459 g/mol. The molecule has 0 aromatic heterocycles. The van der Waals surface area contributed by atoms with Gasteiger partial charge in [-0.15, -0.1) is 0 Å². The van der Waals surface area contributed by atoms with Crippen molar-refractivity contribution in [2.75, 3.05) is 6.61 Å². The summed E-state index contributed by atoms with van der Waals surface area (Å²) in [6.45, 7) is 13.5. The van der Waals surface area contributed by atoms with E-state index in [0.717, 1.165) is 16.7 Å². The first-order valence-electron chi connectivity index (χ1n) is 11.1. The molecule has 0 spiro atoms. The molecule has 0 aliphatic carbocycles. The molecule has 0 aliphatic rings. The van der Waals surface area contributed by atoms with Crippen molar-refractivity contribution in [3.8, 4) is 5.75 Å². The molecule has 2 rings (SSSR count). The molecule has 5 nitrogen and oxygen atoms in total. The van der Waals surface area contributed by atoms with E-state index in [-0.39, 0.29) is 25.0 Å². The van der Waals surface area contributed by atoms with Gasteiger partial charge in [0.25, 0.3) is 5.91 Å². The minimum atomic E-state index is -0.674. The molecule has 7 heteroatoms. The van der Waals surface area contributed by atoms with Gasteiger partial charge in [-0.05, 0) is 88.4 Å². The maximum atomic E-state index is 13.4. The highest BCUT2D eigenvalue weighted by atomic mass is 35.5. The molecule has 1 atom stereocenters. The highest BCUT2D eigenvalue weighted by Gasteiger charge is 2.31. The molecule has 0 aliphatic heterocycles. The molecular formula is C26H34Cl2N2O3. The van der Waals surface area contributed by atoms with Gasteiger partial charge < -0.3 is 15.0 Å². The van der Waals surface area contributed by atoms with Gasteiger partial charge in [-0.1, -0.05) is 42.3 Å². The number of halogens is 2. The first-order chi connectivity index (χ1) is 15.3. The summed E-state index contributed by atoms with van der Waals surface area (Å²) in [7, 11) is 0. The van der Waals surface area contributed by atoms with Gasteiger partial charge in [-0.25, -0.2) is 0 Å². The smallest absolute Gasteiger partial charge is 0.261 e. The van der Waals surface area contributed by atoms with Crippen molar-refractivity contribution in [3.05, 3.63) is 62.6 Å². The largest absolute Gasteiger partial charge is 0.483 e. The molecule has 0 heterocycles. The van der Waals surface area contributed by atoms with Gasteiger partial charge >= 0.3 is 0 Å². The number of hydrogen-bond acceptors (Lipinski definition) is 3. The molecule has 0 saturated heterocycles. The van der Waals surface area contributed by atoms with Crippen LogP contribution in [-0.4, -0.2) is 34.9 Å². The Morgan fingerprint density at radius 3 is 2.33 bits per heavy atom. The zero-order chi connectivity index (χ0) is 24.9. The van der Waals surface area contributed by atoms with Crippen LogP contribution >= 0.6 is 23.2 Å². The number of aryl methyl sites for hydroxylation is 2. The molecule has 180 valence electrons. The fraction of sp³-hybridized carbons (Fsp3) is 0.462. The number of ether oxygens (including phenoxy) is 1. The monoisotopic (exact) mass is 492 g/mol. The fourth-order valence-corrected chi connectivity index (χ4v) is 4.05. The minimum Gasteiger partial charge on any atom is -0.483 e. The van der Waals surface area contributed by atoms with Crippen molar-refractivity contribution in [2.24, 2.45) is 0 Å². The van der Waals surface area contributed by atoms with E-state index in [9.17, 15) is 9.59 Å². The van der Waals surface area contributed by atoms with Crippen LogP contribution in [0.1, 0.15) is 56.4 Å². The molecule has 0 unspecified atom stereocenters. The summed E-state index contributed by atoms with van der Waals surface area (Å²) < 4.78 is 5.93. The lowest BCUT2D eigenvalue weighted by atomic mass is 10.1. The van der Waals surface area contributed by atoms with Crippen LogP contribution in [0.4, 0.5) is 0 Å². The van der Waals surface area contributed by atoms with Crippen LogP contribution in [0.3, 0.4) is 0 Å². The van der Waals surface area contributed by atoms with Crippen LogP contribution in [0, 0.1) is 20.8 Å². The fourth-order valence-electron chi connectivity index (χ4n) is 3.58. The average Bonchev–Trinajstić information content (AvgIpc) is 2.69. The number of rotatable bonds is 8. The van der Waals surface area contributed by atoms with Crippen molar-refractivity contribution in [1.82, 2.24) is 10.2 Å². The van der Waals surface area contributed by atoms with Crippen molar-refractivity contribution < 1.29 is 14.3 Å². The summed E-state index contributed by atoms with van der Waals surface area (Å²) in [5.41, 5.74) is 3.42. The predicted octanol–water partition coefficient (Wildman–Crippen LogP) is 6.02. The Labute approximate surface area is 207 Å². The summed E-state index contributed by atoms with van der Waals surface area (Å²) in [5, 5.41) is 3.93. The number of nitrogens with one attached hydrogen (secondary N) is 1. The molecule has 0 fully saturated rings. The predicted molar refractivity (Wildman–Crippen MR) is 135 cm³/mol. The van der Waals surface area contributed by atoms with Gasteiger partial charge in [0.2, 0.25) is 5.91 Å². The molecule has 2 aromatic rings. The molecule has 1 N–H and O–H groups in total. The molecule has 0 saturated carbocycles. The van der Waals surface area contributed by atoms with Crippen LogP contribution < -0.4 is 10.1 Å². The summed E-state index contributed by atoms with van der Waals surface area (Å²) in [5.74, 6) is 0.152. The second-order valence-electron chi connectivity index (χ2n) is 9.41. The van der Waals surface area contributed by atoms with Crippen LogP contribution in [0.5, 0.6) is 5.75 Å². The van der Waals surface area contributed by atoms with Gasteiger partial charge in [-0.2, -0.15) is 0 Å². The lowest BCUT2D eigenvalue weighted by Gasteiger charge is -2.33. The summed E-state index contributed by atoms with van der Waals surface area (Å²) >= 11 is 12.4. The van der Waals surface area contributed by atoms with E-state index in [1.54, 1.807) is 18.2 Å². The summed E-state index contributed by atoms with van der Waals surface area (Å²) in [4.78, 5) is 28.0. The number of benzene rings is 2. The zero-order valence-corrected chi connectivity index (χ0v) is 22.0. The third-order valence-corrected chi connectivity index (χ3v) is 5.94. The first-order valence-corrected chi connectivity index (χ1v) is 11.8. The number of amides is 2. The Balaban J connectivity index is 2.34. The Morgan fingerprint density at radius 1 is 1.09 bits per heavy atom. The van der Waals surface area contributed by atoms with Crippen LogP contribution in [-0.2, 0) is 16.1 Å². The molecule has 2 aromatic carbocycles.